The number of ketones is 5. The van der Waals surface area contributed by atoms with Crippen molar-refractivity contribution in [1.82, 2.24) is 0 Å². The zero-order valence-electron chi connectivity index (χ0n) is 20.7. The fourth-order valence-electron chi connectivity index (χ4n) is 2.88. The van der Waals surface area contributed by atoms with Gasteiger partial charge in [0.15, 0.2) is 24.0 Å². The second-order valence-electron chi connectivity index (χ2n) is 7.67. The van der Waals surface area contributed by atoms with Crippen LogP contribution in [-0.2, 0) is 43.0 Å². The third kappa shape index (κ3) is 8.81. The van der Waals surface area contributed by atoms with E-state index in [0.717, 1.165) is 20.8 Å². The molecule has 0 aromatic rings. The zero-order valence-corrected chi connectivity index (χ0v) is 20.7. The second-order valence-corrected chi connectivity index (χ2v) is 7.67. The Balaban J connectivity index is 0. The highest BCUT2D eigenvalue weighted by atomic mass is 16.6. The van der Waals surface area contributed by atoms with E-state index in [9.17, 15) is 43.8 Å². The molecule has 0 saturated carbocycles. The first kappa shape index (κ1) is 36.2. The van der Waals surface area contributed by atoms with Gasteiger partial charge in [-0.2, -0.15) is 0 Å². The number of hydrogen-bond acceptors (Lipinski definition) is 16. The number of Topliss-reactive ketones (excluding diaryl/α,β-unsaturated/α-hetero) is 5. The van der Waals surface area contributed by atoms with Crippen molar-refractivity contribution in [2.45, 2.75) is 70.2 Å². The Morgan fingerprint density at radius 3 is 1.54 bits per heavy atom. The van der Waals surface area contributed by atoms with E-state index in [-0.39, 0.29) is 0 Å². The molecule has 0 rings (SSSR count). The molecule has 0 fully saturated rings. The standard InChI is InChI=1S/C13H18O9.C8H14O7/c1-6(15)11(20)13(8(3)17,22-9(4)18)12(21,7(2)16)10(19)5-14;1-4(10)15-3-6(12)8(14)7(13)5(11)2-9/h10,14,19,21H,5H2,1-4H3;5,7-9,11,13-14H,2-3H2,1H3/t10-,12+,13+;5-,7-,8-/m11/s1. The molecule has 0 radical (unpaired) electrons. The third-order valence-electron chi connectivity index (χ3n) is 4.81. The number of rotatable bonds is 14. The van der Waals surface area contributed by atoms with Crippen molar-refractivity contribution < 1.29 is 78.8 Å². The van der Waals surface area contributed by atoms with Gasteiger partial charge < -0.3 is 45.2 Å². The molecule has 0 bridgehead atoms. The first-order chi connectivity index (χ1) is 16.8. The Labute approximate surface area is 210 Å². The van der Waals surface area contributed by atoms with Crippen LogP contribution in [-0.4, -0.2) is 132 Å². The van der Waals surface area contributed by atoms with Crippen molar-refractivity contribution in [2.24, 2.45) is 0 Å². The van der Waals surface area contributed by atoms with Gasteiger partial charge in [-0.1, -0.05) is 0 Å². The minimum absolute atomic E-state index is 0.689. The van der Waals surface area contributed by atoms with Crippen LogP contribution in [0.15, 0.2) is 0 Å². The lowest BCUT2D eigenvalue weighted by molar-refractivity contribution is -0.218. The smallest absolute Gasteiger partial charge is 0.304 e. The highest BCUT2D eigenvalue weighted by Gasteiger charge is 2.69. The molecule has 0 heterocycles. The van der Waals surface area contributed by atoms with E-state index in [1.54, 1.807) is 0 Å². The van der Waals surface area contributed by atoms with Crippen LogP contribution in [0.3, 0.4) is 0 Å². The van der Waals surface area contributed by atoms with Crippen LogP contribution < -0.4 is 0 Å². The minimum atomic E-state index is -3.32. The van der Waals surface area contributed by atoms with E-state index in [0.29, 0.717) is 13.8 Å². The van der Waals surface area contributed by atoms with Crippen LogP contribution in [0, 0.1) is 0 Å². The summed E-state index contributed by atoms with van der Waals surface area (Å²) < 4.78 is 8.86. The molecule has 16 nitrogen and oxygen atoms in total. The number of aliphatic hydroxyl groups excluding tert-OH is 6. The average molecular weight is 540 g/mol. The van der Waals surface area contributed by atoms with Gasteiger partial charge in [0.25, 0.3) is 11.4 Å². The largest absolute Gasteiger partial charge is 0.458 e. The van der Waals surface area contributed by atoms with Gasteiger partial charge in [-0.25, -0.2) is 0 Å². The Morgan fingerprint density at radius 1 is 0.757 bits per heavy atom. The lowest BCUT2D eigenvalue weighted by Crippen LogP contribution is -2.74. The molecule has 0 spiro atoms. The highest BCUT2D eigenvalue weighted by Crippen LogP contribution is 2.34. The molecule has 0 aliphatic carbocycles. The van der Waals surface area contributed by atoms with Gasteiger partial charge in [0.1, 0.15) is 24.4 Å². The summed E-state index contributed by atoms with van der Waals surface area (Å²) in [7, 11) is 0. The van der Waals surface area contributed by atoms with Crippen molar-refractivity contribution in [3.63, 3.8) is 0 Å². The third-order valence-corrected chi connectivity index (χ3v) is 4.81. The molecule has 16 heteroatoms. The van der Waals surface area contributed by atoms with Crippen molar-refractivity contribution >= 4 is 40.9 Å². The van der Waals surface area contributed by atoms with E-state index >= 15 is 0 Å². The molecule has 0 amide bonds. The Kier molecular flexibility index (Phi) is 15.0. The maximum Gasteiger partial charge on any atom is 0.304 e. The molecule has 0 aliphatic rings. The predicted molar refractivity (Wildman–Crippen MR) is 116 cm³/mol. The summed E-state index contributed by atoms with van der Waals surface area (Å²) >= 11 is 0. The van der Waals surface area contributed by atoms with Crippen LogP contribution in [0.1, 0.15) is 34.6 Å². The number of ether oxygens (including phenoxy) is 2. The summed E-state index contributed by atoms with van der Waals surface area (Å²) in [6, 6.07) is 0. The van der Waals surface area contributed by atoms with Crippen LogP contribution in [0.25, 0.3) is 0 Å². The van der Waals surface area contributed by atoms with Crippen molar-refractivity contribution in [3.8, 4) is 0 Å². The summed E-state index contributed by atoms with van der Waals surface area (Å²) in [6.45, 7) is 1.27. The number of carbonyl (C=O) groups excluding carboxylic acids is 7. The molecule has 0 saturated heterocycles. The highest BCUT2D eigenvalue weighted by molar-refractivity contribution is 6.45. The van der Waals surface area contributed by atoms with Gasteiger partial charge in [0.05, 0.1) is 13.2 Å². The van der Waals surface area contributed by atoms with E-state index in [1.165, 1.54) is 0 Å². The summed E-state index contributed by atoms with van der Waals surface area (Å²) in [5, 5.41) is 64.8. The molecule has 37 heavy (non-hydrogen) atoms. The Morgan fingerprint density at radius 2 is 1.24 bits per heavy atom. The normalized spacial score (nSPS) is 17.2. The number of esters is 2. The predicted octanol–water partition coefficient (Wildman–Crippen LogP) is -5.10. The lowest BCUT2D eigenvalue weighted by atomic mass is 9.70. The van der Waals surface area contributed by atoms with E-state index < -0.39 is 96.3 Å². The van der Waals surface area contributed by atoms with Crippen molar-refractivity contribution in [3.05, 3.63) is 0 Å². The van der Waals surface area contributed by atoms with E-state index in [2.05, 4.69) is 9.47 Å². The summed E-state index contributed by atoms with van der Waals surface area (Å²) in [5.41, 5.74) is -6.60. The van der Waals surface area contributed by atoms with Gasteiger partial charge in [-0.3, -0.25) is 33.6 Å². The van der Waals surface area contributed by atoms with Crippen LogP contribution >= 0.6 is 0 Å². The average Bonchev–Trinajstić information content (AvgIpc) is 2.82. The first-order valence-corrected chi connectivity index (χ1v) is 10.4. The van der Waals surface area contributed by atoms with Crippen LogP contribution in [0.5, 0.6) is 0 Å². The van der Waals surface area contributed by atoms with Crippen LogP contribution in [0.4, 0.5) is 0 Å². The van der Waals surface area contributed by atoms with Crippen LogP contribution in [0.2, 0.25) is 0 Å². The Bertz CT molecular complexity index is 882. The molecule has 0 aromatic carbocycles. The van der Waals surface area contributed by atoms with E-state index in [1.807, 2.05) is 0 Å². The van der Waals surface area contributed by atoms with Gasteiger partial charge in [-0.15, -0.1) is 0 Å². The SMILES string of the molecule is CC(=O)OCC(=O)[C@@H](O)[C@H](O)[C@H](O)CO.CC(=O)O[C@@](C(C)=O)(C(=O)C(C)=O)[C@](O)(C(C)=O)[C@H](O)CO. The van der Waals surface area contributed by atoms with Gasteiger partial charge >= 0.3 is 11.9 Å². The number of hydrogen-bond donors (Lipinski definition) is 7. The summed E-state index contributed by atoms with van der Waals surface area (Å²) in [5.74, 6) is -8.59. The van der Waals surface area contributed by atoms with Gasteiger partial charge in [0.2, 0.25) is 11.4 Å². The van der Waals surface area contributed by atoms with Crippen molar-refractivity contribution in [2.75, 3.05) is 19.8 Å². The maximum atomic E-state index is 12.2. The molecule has 0 unspecified atom stereocenters. The quantitative estimate of drug-likeness (QED) is 0.0616. The molecule has 7 N–H and O–H groups in total. The summed E-state index contributed by atoms with van der Waals surface area (Å²) in [6.07, 6.45) is -7.68. The molecule has 0 aromatic heterocycles. The zero-order chi connectivity index (χ0) is 29.9. The molecular weight excluding hydrogens is 508 g/mol. The first-order valence-electron chi connectivity index (χ1n) is 10.4. The monoisotopic (exact) mass is 540 g/mol. The molecule has 212 valence electrons. The second kappa shape index (κ2) is 15.3. The molecule has 6 atom stereocenters. The van der Waals surface area contributed by atoms with Gasteiger partial charge in [0, 0.05) is 20.8 Å². The Hall–Kier alpha value is -2.99. The fraction of sp³-hybridized carbons (Fsp3) is 0.667. The topological polar surface area (TPSA) is 280 Å². The van der Waals surface area contributed by atoms with Gasteiger partial charge in [-0.05, 0) is 13.8 Å². The number of aliphatic hydroxyl groups is 7. The van der Waals surface area contributed by atoms with Crippen molar-refractivity contribution in [1.29, 1.82) is 0 Å². The lowest BCUT2D eigenvalue weighted by Gasteiger charge is -2.42. The fourth-order valence-corrected chi connectivity index (χ4v) is 2.88. The van der Waals surface area contributed by atoms with E-state index in [4.69, 9.17) is 25.5 Å². The maximum absolute atomic E-state index is 12.2. The minimum Gasteiger partial charge on any atom is -0.458 e. The molecular formula is C21H32O16. The molecule has 0 aliphatic heterocycles. The summed E-state index contributed by atoms with van der Waals surface area (Å²) in [4.78, 5) is 79.9. The number of carbonyl (C=O) groups is 7.